The highest BCUT2D eigenvalue weighted by molar-refractivity contribution is 5.99. The van der Waals surface area contributed by atoms with Gasteiger partial charge >= 0.3 is 0 Å². The number of nitrogens with one attached hydrogen (secondary N) is 1. The molecule has 0 saturated heterocycles. The SMILES string of the molecule is CC[C@@H](C)[C@H](N)C(=O)Nc1ccc2c(c1)N(C(=O)C1CC1)CCC2. The highest BCUT2D eigenvalue weighted by atomic mass is 16.2. The summed E-state index contributed by atoms with van der Waals surface area (Å²) in [5.74, 6) is 0.402. The van der Waals surface area contributed by atoms with Crippen LogP contribution in [-0.2, 0) is 16.0 Å². The molecule has 0 bridgehead atoms. The molecule has 0 spiro atoms. The van der Waals surface area contributed by atoms with Crippen LogP contribution in [0, 0.1) is 11.8 Å². The van der Waals surface area contributed by atoms with Gasteiger partial charge in [-0.1, -0.05) is 26.3 Å². The zero-order chi connectivity index (χ0) is 17.3. The van der Waals surface area contributed by atoms with Crippen molar-refractivity contribution in [3.05, 3.63) is 23.8 Å². The third-order valence-corrected chi connectivity index (χ3v) is 5.22. The number of hydrogen-bond donors (Lipinski definition) is 2. The molecule has 0 unspecified atom stereocenters. The molecule has 3 rings (SSSR count). The topological polar surface area (TPSA) is 75.4 Å². The summed E-state index contributed by atoms with van der Waals surface area (Å²) < 4.78 is 0. The van der Waals surface area contributed by atoms with Crippen molar-refractivity contribution in [2.24, 2.45) is 17.6 Å². The molecule has 1 heterocycles. The average Bonchev–Trinajstić information content (AvgIpc) is 3.44. The number of benzene rings is 1. The fourth-order valence-electron chi connectivity index (χ4n) is 3.17. The van der Waals surface area contributed by atoms with Crippen molar-refractivity contribution in [1.29, 1.82) is 0 Å². The molecular formula is C19H27N3O2. The van der Waals surface area contributed by atoms with E-state index in [-0.39, 0.29) is 23.7 Å². The lowest BCUT2D eigenvalue weighted by atomic mass is 9.98. The largest absolute Gasteiger partial charge is 0.325 e. The van der Waals surface area contributed by atoms with Gasteiger partial charge in [0.25, 0.3) is 0 Å². The second kappa shape index (κ2) is 6.93. The van der Waals surface area contributed by atoms with Crippen LogP contribution in [0.2, 0.25) is 0 Å². The molecule has 1 aromatic carbocycles. The van der Waals surface area contributed by atoms with Crippen LogP contribution in [0.15, 0.2) is 18.2 Å². The summed E-state index contributed by atoms with van der Waals surface area (Å²) in [6.07, 6.45) is 4.85. The Labute approximate surface area is 143 Å². The molecule has 3 N–H and O–H groups in total. The second-order valence-electron chi connectivity index (χ2n) is 7.11. The maximum absolute atomic E-state index is 12.5. The summed E-state index contributed by atoms with van der Waals surface area (Å²) in [6, 6.07) is 5.34. The van der Waals surface area contributed by atoms with E-state index in [9.17, 15) is 9.59 Å². The van der Waals surface area contributed by atoms with Crippen molar-refractivity contribution >= 4 is 23.2 Å². The van der Waals surface area contributed by atoms with Gasteiger partial charge in [0.05, 0.1) is 6.04 Å². The molecule has 0 aromatic heterocycles. The van der Waals surface area contributed by atoms with E-state index < -0.39 is 6.04 Å². The third-order valence-electron chi connectivity index (χ3n) is 5.22. The Morgan fingerprint density at radius 2 is 2.12 bits per heavy atom. The molecule has 0 radical (unpaired) electrons. The van der Waals surface area contributed by atoms with E-state index in [2.05, 4.69) is 5.32 Å². The van der Waals surface area contributed by atoms with Gasteiger partial charge in [0.2, 0.25) is 11.8 Å². The van der Waals surface area contributed by atoms with Gasteiger partial charge in [-0.05, 0) is 49.3 Å². The summed E-state index contributed by atoms with van der Waals surface area (Å²) in [5.41, 5.74) is 8.85. The molecule has 5 heteroatoms. The first-order valence-corrected chi connectivity index (χ1v) is 9.02. The van der Waals surface area contributed by atoms with Crippen LogP contribution in [0.3, 0.4) is 0 Å². The van der Waals surface area contributed by atoms with Crippen LogP contribution in [0.25, 0.3) is 0 Å². The Morgan fingerprint density at radius 3 is 2.79 bits per heavy atom. The van der Waals surface area contributed by atoms with Crippen molar-refractivity contribution in [2.75, 3.05) is 16.8 Å². The summed E-state index contributed by atoms with van der Waals surface area (Å²) >= 11 is 0. The monoisotopic (exact) mass is 329 g/mol. The van der Waals surface area contributed by atoms with Crippen molar-refractivity contribution < 1.29 is 9.59 Å². The Balaban J connectivity index is 1.78. The van der Waals surface area contributed by atoms with Crippen LogP contribution in [0.1, 0.15) is 45.1 Å². The Morgan fingerprint density at radius 1 is 1.38 bits per heavy atom. The first kappa shape index (κ1) is 17.0. The third kappa shape index (κ3) is 3.46. The summed E-state index contributed by atoms with van der Waals surface area (Å²) in [6.45, 7) is 4.78. The Hall–Kier alpha value is -1.88. The summed E-state index contributed by atoms with van der Waals surface area (Å²) in [4.78, 5) is 26.7. The quantitative estimate of drug-likeness (QED) is 0.872. The standard InChI is InChI=1S/C19H27N3O2/c1-3-12(2)17(20)18(23)21-15-9-8-13-5-4-10-22(16(13)11-15)19(24)14-6-7-14/h8-9,11-12,14,17H,3-7,10,20H2,1-2H3,(H,21,23)/t12-,17+/m1/s1. The second-order valence-corrected chi connectivity index (χ2v) is 7.11. The predicted molar refractivity (Wildman–Crippen MR) is 95.9 cm³/mol. The minimum absolute atomic E-state index is 0.135. The van der Waals surface area contributed by atoms with E-state index in [0.717, 1.165) is 44.3 Å². The lowest BCUT2D eigenvalue weighted by molar-refractivity contribution is -0.120. The number of fused-ring (bicyclic) bond motifs is 1. The normalized spacial score (nSPS) is 19.4. The molecule has 1 aromatic rings. The highest BCUT2D eigenvalue weighted by Crippen LogP contribution is 2.36. The maximum Gasteiger partial charge on any atom is 0.241 e. The van der Waals surface area contributed by atoms with Crippen LogP contribution in [0.4, 0.5) is 11.4 Å². The lowest BCUT2D eigenvalue weighted by Gasteiger charge is -2.30. The molecule has 2 amide bonds. The van der Waals surface area contributed by atoms with Crippen LogP contribution in [0.5, 0.6) is 0 Å². The van der Waals surface area contributed by atoms with Crippen LogP contribution >= 0.6 is 0 Å². The first-order chi connectivity index (χ1) is 11.5. The molecule has 1 fully saturated rings. The maximum atomic E-state index is 12.5. The average molecular weight is 329 g/mol. The summed E-state index contributed by atoms with van der Waals surface area (Å²) in [7, 11) is 0. The van der Waals surface area contributed by atoms with Crippen molar-refractivity contribution in [1.82, 2.24) is 0 Å². The minimum Gasteiger partial charge on any atom is -0.325 e. The molecule has 130 valence electrons. The van der Waals surface area contributed by atoms with Gasteiger partial charge in [0.15, 0.2) is 0 Å². The fraction of sp³-hybridized carbons (Fsp3) is 0.579. The Kier molecular flexibility index (Phi) is 4.90. The highest BCUT2D eigenvalue weighted by Gasteiger charge is 2.35. The number of nitrogens with two attached hydrogens (primary N) is 1. The fourth-order valence-corrected chi connectivity index (χ4v) is 3.17. The number of rotatable bonds is 5. The number of nitrogens with zero attached hydrogens (tertiary/aromatic N) is 1. The van der Waals surface area contributed by atoms with Gasteiger partial charge in [0.1, 0.15) is 0 Å². The lowest BCUT2D eigenvalue weighted by Crippen LogP contribution is -2.40. The predicted octanol–water partition coefficient (Wildman–Crippen LogP) is 2.69. The molecule has 1 saturated carbocycles. The molecule has 5 nitrogen and oxygen atoms in total. The van der Waals surface area contributed by atoms with Crippen LogP contribution in [-0.4, -0.2) is 24.4 Å². The van der Waals surface area contributed by atoms with E-state index in [0.29, 0.717) is 5.69 Å². The van der Waals surface area contributed by atoms with E-state index >= 15 is 0 Å². The molecule has 2 atom stereocenters. The van der Waals surface area contributed by atoms with Gasteiger partial charge in [-0.2, -0.15) is 0 Å². The number of aryl methyl sites for hydroxylation is 1. The number of carbonyl (C=O) groups excluding carboxylic acids is 2. The summed E-state index contributed by atoms with van der Waals surface area (Å²) in [5, 5.41) is 2.91. The van der Waals surface area contributed by atoms with Crippen molar-refractivity contribution in [2.45, 2.75) is 52.0 Å². The smallest absolute Gasteiger partial charge is 0.241 e. The minimum atomic E-state index is -0.518. The number of hydrogen-bond acceptors (Lipinski definition) is 3. The van der Waals surface area contributed by atoms with E-state index in [1.165, 1.54) is 5.56 Å². The van der Waals surface area contributed by atoms with E-state index in [1.54, 1.807) is 0 Å². The molecule has 1 aliphatic carbocycles. The zero-order valence-electron chi connectivity index (χ0n) is 14.5. The van der Waals surface area contributed by atoms with Crippen LogP contribution < -0.4 is 16.0 Å². The van der Waals surface area contributed by atoms with E-state index in [1.807, 2.05) is 36.9 Å². The van der Waals surface area contributed by atoms with Gasteiger partial charge in [-0.15, -0.1) is 0 Å². The van der Waals surface area contributed by atoms with Gasteiger partial charge < -0.3 is 16.0 Å². The number of carbonyl (C=O) groups is 2. The van der Waals surface area contributed by atoms with Gasteiger partial charge in [-0.3, -0.25) is 9.59 Å². The van der Waals surface area contributed by atoms with Crippen molar-refractivity contribution in [3.8, 4) is 0 Å². The Bertz CT molecular complexity index is 639. The zero-order valence-corrected chi connectivity index (χ0v) is 14.5. The molecule has 24 heavy (non-hydrogen) atoms. The molecule has 1 aliphatic heterocycles. The van der Waals surface area contributed by atoms with Gasteiger partial charge in [0, 0.05) is 23.8 Å². The molecule has 2 aliphatic rings. The molecular weight excluding hydrogens is 302 g/mol. The van der Waals surface area contributed by atoms with E-state index in [4.69, 9.17) is 5.73 Å². The first-order valence-electron chi connectivity index (χ1n) is 9.02. The van der Waals surface area contributed by atoms with Crippen molar-refractivity contribution in [3.63, 3.8) is 0 Å². The number of anilines is 2. The number of amides is 2. The van der Waals surface area contributed by atoms with Gasteiger partial charge in [-0.25, -0.2) is 0 Å².